The van der Waals surface area contributed by atoms with E-state index < -0.39 is 0 Å². The first-order valence-corrected chi connectivity index (χ1v) is 3.32. The predicted octanol–water partition coefficient (Wildman–Crippen LogP) is 3.52. The summed E-state index contributed by atoms with van der Waals surface area (Å²) in [6.45, 7) is 8.25. The van der Waals surface area contributed by atoms with Crippen molar-refractivity contribution in [3.8, 4) is 0 Å². The molecule has 0 aromatic heterocycles. The summed E-state index contributed by atoms with van der Waals surface area (Å²) < 4.78 is 0. The highest BCUT2D eigenvalue weighted by Gasteiger charge is 1.35. The number of isocyanates is 2. The zero-order valence-electron chi connectivity index (χ0n) is 7.52. The fraction of sp³-hybridized carbons (Fsp3) is 0.778. The minimum Gasteiger partial charge on any atom is -0.222 e. The average molecular weight is 192 g/mol. The van der Waals surface area contributed by atoms with Crippen LogP contribution in [-0.4, -0.2) is 12.2 Å². The molecule has 0 aliphatic heterocycles. The smallest absolute Gasteiger partial charge is 0.222 e. The molecule has 0 saturated carbocycles. The first-order valence-electron chi connectivity index (χ1n) is 3.32. The van der Waals surface area contributed by atoms with Gasteiger partial charge in [0.1, 0.15) is 0 Å². The predicted molar refractivity (Wildman–Crippen MR) is 57.6 cm³/mol. The van der Waals surface area contributed by atoms with Gasteiger partial charge in [-0.1, -0.05) is 49.0 Å². The highest BCUT2D eigenvalue weighted by molar-refractivity contribution is 5.26. The van der Waals surface area contributed by atoms with Crippen molar-refractivity contribution in [1.82, 2.24) is 0 Å². The summed E-state index contributed by atoms with van der Waals surface area (Å²) in [4.78, 5) is 16.7. The molecular weight excluding hydrogens is 168 g/mol. The first kappa shape index (κ1) is 41.0. The van der Waals surface area contributed by atoms with E-state index in [1.54, 1.807) is 0 Å². The van der Waals surface area contributed by atoms with Gasteiger partial charge >= 0.3 is 0 Å². The number of hydrogen-bond donors (Lipinski definition) is 2. The lowest BCUT2D eigenvalue weighted by Gasteiger charge is -1.48. The Kier molecular flexibility index (Phi) is 1040. The topological polar surface area (TPSA) is 81.8 Å². The van der Waals surface area contributed by atoms with Gasteiger partial charge in [-0.05, 0) is 0 Å². The van der Waals surface area contributed by atoms with E-state index in [-0.39, 0.29) is 14.9 Å². The first-order chi connectivity index (χ1) is 5.24. The van der Waals surface area contributed by atoms with Gasteiger partial charge in [-0.15, -0.1) is 0 Å². The van der Waals surface area contributed by atoms with Crippen molar-refractivity contribution in [2.75, 3.05) is 0 Å². The molecule has 0 saturated heterocycles. The summed E-state index contributed by atoms with van der Waals surface area (Å²) in [7, 11) is 0. The highest BCUT2D eigenvalue weighted by Crippen LogP contribution is 1.56. The zero-order valence-corrected chi connectivity index (χ0v) is 7.52. The molecule has 0 bridgehead atoms. The maximum atomic E-state index is 8.35. The average Bonchev–Trinajstić information content (AvgIpc) is 1.96. The number of nitrogens with one attached hydrogen (secondary N) is 2. The molecule has 0 atom stereocenters. The van der Waals surface area contributed by atoms with Crippen LogP contribution in [0.2, 0.25) is 0 Å². The Bertz CT molecular complexity index is 79.8. The van der Waals surface area contributed by atoms with Gasteiger partial charge in [0.05, 0.1) is 0 Å². The Balaban J connectivity index is -0.0000000121. The van der Waals surface area contributed by atoms with Gasteiger partial charge < -0.3 is 0 Å². The maximum Gasteiger partial charge on any atom is 0.231 e. The van der Waals surface area contributed by atoms with Crippen molar-refractivity contribution in [2.45, 2.75) is 49.0 Å². The van der Waals surface area contributed by atoms with Crippen LogP contribution < -0.4 is 0 Å². The highest BCUT2D eigenvalue weighted by atomic mass is 16.1. The lowest BCUT2D eigenvalue weighted by atomic mass is 10.6. The van der Waals surface area contributed by atoms with E-state index in [0.29, 0.717) is 0 Å². The van der Waals surface area contributed by atoms with Crippen molar-refractivity contribution in [1.29, 1.82) is 10.8 Å². The van der Waals surface area contributed by atoms with Crippen LogP contribution in [0.3, 0.4) is 0 Å². The van der Waals surface area contributed by atoms with Crippen LogP contribution >= 0.6 is 0 Å². The summed E-state index contributed by atoms with van der Waals surface area (Å²) in [6, 6.07) is 0. The summed E-state index contributed by atoms with van der Waals surface area (Å²) in [5.41, 5.74) is 0. The summed E-state index contributed by atoms with van der Waals surface area (Å²) in [6.07, 6.45) is 2.75. The number of hydrogen-bond acceptors (Lipinski definition) is 4. The second-order valence-corrected chi connectivity index (χ2v) is 0.911. The molecule has 0 amide bonds. The van der Waals surface area contributed by atoms with Crippen molar-refractivity contribution in [2.24, 2.45) is 0 Å². The fourth-order valence-electron chi connectivity index (χ4n) is 0. The Hall–Kier alpha value is -1.24. The molecule has 82 valence electrons. The molecule has 0 fully saturated rings. The third-order valence-electron chi connectivity index (χ3n) is 0. The van der Waals surface area contributed by atoms with Gasteiger partial charge in [-0.25, -0.2) is 20.4 Å². The van der Waals surface area contributed by atoms with E-state index in [1.807, 2.05) is 13.8 Å². The summed E-state index contributed by atoms with van der Waals surface area (Å²) in [5, 5.41) is 10.8. The van der Waals surface area contributed by atoms with Crippen LogP contribution in [0.1, 0.15) is 49.0 Å². The third-order valence-corrected chi connectivity index (χ3v) is 0. The quantitative estimate of drug-likeness (QED) is 0.454. The van der Waals surface area contributed by atoms with E-state index in [0.717, 1.165) is 12.2 Å². The molecule has 4 nitrogen and oxygen atoms in total. The van der Waals surface area contributed by atoms with E-state index in [4.69, 9.17) is 20.4 Å². The molecule has 2 N–H and O–H groups in total. The van der Waals surface area contributed by atoms with Crippen LogP contribution in [-0.2, 0) is 9.59 Å². The van der Waals surface area contributed by atoms with E-state index in [2.05, 4.69) is 13.8 Å². The van der Waals surface area contributed by atoms with Crippen LogP contribution in [0.25, 0.3) is 0 Å². The van der Waals surface area contributed by atoms with E-state index in [9.17, 15) is 0 Å². The molecule has 0 radical (unpaired) electrons. The molecular formula is C9H24N2O2. The van der Waals surface area contributed by atoms with Crippen molar-refractivity contribution in [3.63, 3.8) is 0 Å². The number of carbonyl (C=O) groups excluding carboxylic acids is 2. The molecule has 4 heteroatoms. The van der Waals surface area contributed by atoms with Crippen LogP contribution in [0.4, 0.5) is 0 Å². The third kappa shape index (κ3) is 537. The second kappa shape index (κ2) is 331. The molecule has 0 rings (SSSR count). The summed E-state index contributed by atoms with van der Waals surface area (Å²) in [5.74, 6) is 0. The molecule has 0 unspecified atom stereocenters. The standard InChI is InChI=1S/C3H8.C2H6.2CHNO.2CH4/c1-3-2;1-2;2*2-1-3;;/h3H2,1-2H3;1-2H3;2*2H;2*1H4. The maximum absolute atomic E-state index is 8.35. The summed E-state index contributed by atoms with van der Waals surface area (Å²) >= 11 is 0. The molecule has 0 aromatic carbocycles. The molecule has 0 spiro atoms. The normalized spacial score (nSPS) is 3.08. The second-order valence-electron chi connectivity index (χ2n) is 0.911. The Morgan fingerprint density at radius 3 is 0.923 bits per heavy atom. The molecule has 0 heterocycles. The SMILES string of the molecule is C.C.CC.CCC.N=C=O.N=C=O. The zero-order chi connectivity index (χ0) is 10.1. The monoisotopic (exact) mass is 192 g/mol. The largest absolute Gasteiger partial charge is 0.231 e. The molecule has 13 heavy (non-hydrogen) atoms. The van der Waals surface area contributed by atoms with E-state index in [1.165, 1.54) is 6.42 Å². The molecule has 0 aliphatic rings. The van der Waals surface area contributed by atoms with Crippen LogP contribution in [0.5, 0.6) is 0 Å². The van der Waals surface area contributed by atoms with Crippen molar-refractivity contribution in [3.05, 3.63) is 0 Å². The Morgan fingerprint density at radius 1 is 0.923 bits per heavy atom. The van der Waals surface area contributed by atoms with Crippen LogP contribution in [0, 0.1) is 10.8 Å². The molecule has 0 aromatic rings. The lowest BCUT2D eigenvalue weighted by Crippen LogP contribution is -1.27. The van der Waals surface area contributed by atoms with Gasteiger partial charge in [-0.3, -0.25) is 0 Å². The van der Waals surface area contributed by atoms with Gasteiger partial charge in [0.25, 0.3) is 0 Å². The van der Waals surface area contributed by atoms with E-state index >= 15 is 0 Å². The minimum absolute atomic E-state index is 0. The minimum atomic E-state index is 0. The fourth-order valence-corrected chi connectivity index (χ4v) is 0. The van der Waals surface area contributed by atoms with Gasteiger partial charge in [-0.2, -0.15) is 0 Å². The number of rotatable bonds is 0. The Labute approximate surface area is 82.4 Å². The molecule has 0 aliphatic carbocycles. The lowest BCUT2D eigenvalue weighted by molar-refractivity contribution is 0.562. The van der Waals surface area contributed by atoms with Gasteiger partial charge in [0.15, 0.2) is 0 Å². The van der Waals surface area contributed by atoms with Gasteiger partial charge in [0.2, 0.25) is 12.2 Å². The van der Waals surface area contributed by atoms with Crippen molar-refractivity contribution >= 4 is 12.2 Å². The van der Waals surface area contributed by atoms with Crippen LogP contribution in [0.15, 0.2) is 0 Å². The van der Waals surface area contributed by atoms with Gasteiger partial charge in [0, 0.05) is 0 Å². The Morgan fingerprint density at radius 2 is 0.923 bits per heavy atom. The van der Waals surface area contributed by atoms with Crippen molar-refractivity contribution < 1.29 is 9.59 Å².